The van der Waals surface area contributed by atoms with Crippen molar-refractivity contribution in [2.24, 2.45) is 17.8 Å². The Morgan fingerprint density at radius 2 is 1.97 bits per heavy atom. The standard InChI is InChI=1S/C21H28N2O6/c1-4-13(2)15-5-7-16(8-6-15)22-20(25)12-29-21(26)10-17-18(11-23(27)28)14(3)9-19(17)24/h5-8,13-14,17-18H,4,9-12H2,1-3H3,(H,22,25)/t13-,14-,17-,18-/m1/s1. The number of Topliss-reactive ketones (excluding diaryl/α,β-unsaturated/α-hetero) is 1. The van der Waals surface area contributed by atoms with Gasteiger partial charge in [-0.2, -0.15) is 0 Å². The highest BCUT2D eigenvalue weighted by Gasteiger charge is 2.44. The Kier molecular flexibility index (Phi) is 7.87. The van der Waals surface area contributed by atoms with E-state index in [9.17, 15) is 24.5 Å². The van der Waals surface area contributed by atoms with Gasteiger partial charge in [-0.15, -0.1) is 0 Å². The predicted molar refractivity (Wildman–Crippen MR) is 107 cm³/mol. The number of hydrogen-bond acceptors (Lipinski definition) is 6. The summed E-state index contributed by atoms with van der Waals surface area (Å²) >= 11 is 0. The highest BCUT2D eigenvalue weighted by Crippen LogP contribution is 2.36. The number of carbonyl (C=O) groups is 3. The summed E-state index contributed by atoms with van der Waals surface area (Å²) in [6.07, 6.45) is 1.01. The zero-order chi connectivity index (χ0) is 21.6. The van der Waals surface area contributed by atoms with Gasteiger partial charge in [-0.25, -0.2) is 0 Å². The highest BCUT2D eigenvalue weighted by atomic mass is 16.6. The van der Waals surface area contributed by atoms with Crippen LogP contribution < -0.4 is 5.32 Å². The fourth-order valence-corrected chi connectivity index (χ4v) is 3.71. The lowest BCUT2D eigenvalue weighted by Gasteiger charge is -2.17. The van der Waals surface area contributed by atoms with Crippen molar-refractivity contribution in [2.45, 2.75) is 46.0 Å². The molecule has 158 valence electrons. The number of hydrogen-bond donors (Lipinski definition) is 1. The van der Waals surface area contributed by atoms with Crippen LogP contribution in [0.3, 0.4) is 0 Å². The number of rotatable bonds is 9. The van der Waals surface area contributed by atoms with Crippen molar-refractivity contribution in [2.75, 3.05) is 18.5 Å². The van der Waals surface area contributed by atoms with Gasteiger partial charge in [0.1, 0.15) is 5.78 Å². The summed E-state index contributed by atoms with van der Waals surface area (Å²) < 4.78 is 4.98. The molecule has 0 aliphatic heterocycles. The van der Waals surface area contributed by atoms with Crippen LogP contribution in [0.25, 0.3) is 0 Å². The van der Waals surface area contributed by atoms with E-state index < -0.39 is 35.2 Å². The van der Waals surface area contributed by atoms with Crippen molar-refractivity contribution in [3.05, 3.63) is 39.9 Å². The number of anilines is 1. The Labute approximate surface area is 170 Å². The van der Waals surface area contributed by atoms with Crippen molar-refractivity contribution in [3.63, 3.8) is 0 Å². The minimum Gasteiger partial charge on any atom is -0.456 e. The lowest BCUT2D eigenvalue weighted by molar-refractivity contribution is -0.490. The van der Waals surface area contributed by atoms with E-state index in [0.717, 1.165) is 6.42 Å². The summed E-state index contributed by atoms with van der Waals surface area (Å²) in [4.78, 5) is 46.5. The molecule has 1 aromatic carbocycles. The normalized spacial score (nSPS) is 22.2. The zero-order valence-electron chi connectivity index (χ0n) is 17.1. The summed E-state index contributed by atoms with van der Waals surface area (Å²) in [5.41, 5.74) is 1.78. The number of amides is 1. The number of ketones is 1. The van der Waals surface area contributed by atoms with Gasteiger partial charge in [0.25, 0.3) is 5.91 Å². The average molecular weight is 404 g/mol. The third-order valence-electron chi connectivity index (χ3n) is 5.67. The van der Waals surface area contributed by atoms with Gasteiger partial charge in [-0.1, -0.05) is 32.9 Å². The number of nitrogens with one attached hydrogen (secondary N) is 1. The van der Waals surface area contributed by atoms with E-state index >= 15 is 0 Å². The minimum absolute atomic E-state index is 0.146. The summed E-state index contributed by atoms with van der Waals surface area (Å²) in [7, 11) is 0. The van der Waals surface area contributed by atoms with Crippen LogP contribution in [0.1, 0.15) is 51.5 Å². The Morgan fingerprint density at radius 1 is 1.31 bits per heavy atom. The molecule has 1 saturated carbocycles. The SMILES string of the molecule is CC[C@@H](C)c1ccc(NC(=O)COC(=O)C[C@H]2C(=O)C[C@@H](C)[C@H]2C[N+](=O)[O-])cc1. The molecule has 0 radical (unpaired) electrons. The van der Waals surface area contributed by atoms with E-state index in [1.54, 1.807) is 19.1 Å². The van der Waals surface area contributed by atoms with E-state index in [0.29, 0.717) is 11.6 Å². The lowest BCUT2D eigenvalue weighted by atomic mass is 9.88. The minimum atomic E-state index is -0.723. The van der Waals surface area contributed by atoms with Crippen molar-refractivity contribution < 1.29 is 24.0 Å². The van der Waals surface area contributed by atoms with Crippen LogP contribution >= 0.6 is 0 Å². The molecule has 2 rings (SSSR count). The van der Waals surface area contributed by atoms with Gasteiger partial charge in [-0.3, -0.25) is 24.5 Å². The van der Waals surface area contributed by atoms with Crippen LogP contribution in [0.4, 0.5) is 5.69 Å². The lowest BCUT2D eigenvalue weighted by Crippen LogP contribution is -2.28. The fourth-order valence-electron chi connectivity index (χ4n) is 3.71. The van der Waals surface area contributed by atoms with Gasteiger partial charge in [0.15, 0.2) is 6.61 Å². The van der Waals surface area contributed by atoms with Gasteiger partial charge in [-0.05, 0) is 36.0 Å². The van der Waals surface area contributed by atoms with E-state index in [1.165, 1.54) is 5.56 Å². The molecule has 8 heteroatoms. The van der Waals surface area contributed by atoms with Crippen LogP contribution in [0.5, 0.6) is 0 Å². The molecule has 1 N–H and O–H groups in total. The summed E-state index contributed by atoms with van der Waals surface area (Å²) in [6.45, 7) is 5.19. The van der Waals surface area contributed by atoms with Crippen molar-refractivity contribution in [1.82, 2.24) is 0 Å². The molecule has 0 bridgehead atoms. The first-order valence-electron chi connectivity index (χ1n) is 9.91. The van der Waals surface area contributed by atoms with Crippen LogP contribution in [0.2, 0.25) is 0 Å². The molecular weight excluding hydrogens is 376 g/mol. The smallest absolute Gasteiger partial charge is 0.307 e. The van der Waals surface area contributed by atoms with Crippen molar-refractivity contribution in [1.29, 1.82) is 0 Å². The number of ether oxygens (including phenoxy) is 1. The Hall–Kier alpha value is -2.77. The monoisotopic (exact) mass is 404 g/mol. The maximum atomic E-state index is 12.1. The molecular formula is C21H28N2O6. The third kappa shape index (κ3) is 6.37. The molecule has 4 atom stereocenters. The first kappa shape index (κ1) is 22.5. The highest BCUT2D eigenvalue weighted by molar-refractivity contribution is 5.93. The zero-order valence-corrected chi connectivity index (χ0v) is 17.1. The summed E-state index contributed by atoms with van der Waals surface area (Å²) in [5, 5.41) is 13.5. The predicted octanol–water partition coefficient (Wildman–Crippen LogP) is 3.19. The molecule has 1 aliphatic rings. The Balaban J connectivity index is 1.83. The number of benzene rings is 1. The first-order chi connectivity index (χ1) is 13.7. The molecule has 0 aromatic heterocycles. The van der Waals surface area contributed by atoms with Crippen molar-refractivity contribution >= 4 is 23.3 Å². The van der Waals surface area contributed by atoms with E-state index in [-0.39, 0.29) is 31.1 Å². The molecule has 1 aromatic rings. The topological polar surface area (TPSA) is 116 Å². The number of nitrogens with zero attached hydrogens (tertiary/aromatic N) is 1. The van der Waals surface area contributed by atoms with Crippen LogP contribution in [0.15, 0.2) is 24.3 Å². The van der Waals surface area contributed by atoms with Crippen molar-refractivity contribution in [3.8, 4) is 0 Å². The molecule has 0 spiro atoms. The molecule has 0 saturated heterocycles. The molecule has 29 heavy (non-hydrogen) atoms. The Bertz CT molecular complexity index is 761. The fraction of sp³-hybridized carbons (Fsp3) is 0.571. The van der Waals surface area contributed by atoms with Gasteiger partial charge in [0.2, 0.25) is 6.54 Å². The second-order valence-electron chi connectivity index (χ2n) is 7.78. The van der Waals surface area contributed by atoms with E-state index in [4.69, 9.17) is 4.74 Å². The van der Waals surface area contributed by atoms with Crippen LogP contribution in [-0.4, -0.2) is 35.7 Å². The summed E-state index contributed by atoms with van der Waals surface area (Å²) in [6, 6.07) is 7.47. The quantitative estimate of drug-likeness (QED) is 0.384. The molecule has 8 nitrogen and oxygen atoms in total. The van der Waals surface area contributed by atoms with Crippen LogP contribution in [0, 0.1) is 27.9 Å². The second kappa shape index (κ2) is 10.1. The number of esters is 1. The largest absolute Gasteiger partial charge is 0.456 e. The van der Waals surface area contributed by atoms with Gasteiger partial charge >= 0.3 is 5.97 Å². The molecule has 1 fully saturated rings. The second-order valence-corrected chi connectivity index (χ2v) is 7.78. The van der Waals surface area contributed by atoms with Gasteiger partial charge in [0.05, 0.1) is 6.42 Å². The summed E-state index contributed by atoms with van der Waals surface area (Å²) in [5.74, 6) is -2.27. The Morgan fingerprint density at radius 3 is 2.55 bits per heavy atom. The molecule has 0 unspecified atom stereocenters. The van der Waals surface area contributed by atoms with E-state index in [2.05, 4.69) is 19.2 Å². The maximum Gasteiger partial charge on any atom is 0.307 e. The molecule has 1 amide bonds. The van der Waals surface area contributed by atoms with E-state index in [1.807, 2.05) is 12.1 Å². The molecule has 1 aliphatic carbocycles. The number of nitro groups is 1. The number of carbonyl (C=O) groups excluding carboxylic acids is 3. The van der Waals surface area contributed by atoms with Gasteiger partial charge < -0.3 is 10.1 Å². The van der Waals surface area contributed by atoms with Crippen LogP contribution in [-0.2, 0) is 19.1 Å². The third-order valence-corrected chi connectivity index (χ3v) is 5.67. The van der Waals surface area contributed by atoms with Gasteiger partial charge in [0, 0.05) is 28.9 Å². The molecule has 0 heterocycles. The first-order valence-corrected chi connectivity index (χ1v) is 9.91. The average Bonchev–Trinajstić information content (AvgIpc) is 2.93. The maximum absolute atomic E-state index is 12.1.